The Bertz CT molecular complexity index is 1680. The van der Waals surface area contributed by atoms with Crippen LogP contribution in [0, 0.1) is 6.92 Å². The van der Waals surface area contributed by atoms with Gasteiger partial charge in [-0.25, -0.2) is 4.98 Å². The second kappa shape index (κ2) is 9.52. The SMILES string of the molecule is CO/N=C/c1cccc(-c2cc(=O)n(C)c3ccc(C(N)(c4ccc(C)cc4)c4cncn4C)cc23)c1. The minimum atomic E-state index is -0.966. The summed E-state index contributed by atoms with van der Waals surface area (Å²) in [6, 6.07) is 23.8. The second-order valence-corrected chi connectivity index (χ2v) is 9.29. The maximum absolute atomic E-state index is 12.9. The van der Waals surface area contributed by atoms with Crippen LogP contribution in [0.2, 0.25) is 0 Å². The number of nitrogens with two attached hydrogens (primary N) is 1. The Hall–Kier alpha value is -4.49. The molecule has 0 saturated carbocycles. The van der Waals surface area contributed by atoms with E-state index in [1.165, 1.54) is 7.11 Å². The molecule has 0 fully saturated rings. The summed E-state index contributed by atoms with van der Waals surface area (Å²) in [7, 11) is 5.24. The Kier molecular flexibility index (Phi) is 6.23. The molecule has 0 amide bonds. The van der Waals surface area contributed by atoms with Crippen molar-refractivity contribution in [1.29, 1.82) is 0 Å². The third kappa shape index (κ3) is 4.23. The van der Waals surface area contributed by atoms with Gasteiger partial charge < -0.3 is 19.7 Å². The maximum Gasteiger partial charge on any atom is 0.251 e. The van der Waals surface area contributed by atoms with Gasteiger partial charge in [0, 0.05) is 25.5 Å². The molecule has 5 aromatic rings. The molecule has 2 N–H and O–H groups in total. The first-order valence-corrected chi connectivity index (χ1v) is 12.0. The van der Waals surface area contributed by atoms with Gasteiger partial charge in [0.25, 0.3) is 5.56 Å². The molecule has 7 nitrogen and oxygen atoms in total. The lowest BCUT2D eigenvalue weighted by molar-refractivity contribution is 0.215. The molecule has 1 atom stereocenters. The number of fused-ring (bicyclic) bond motifs is 1. The lowest BCUT2D eigenvalue weighted by Crippen LogP contribution is -2.41. The van der Waals surface area contributed by atoms with Crippen LogP contribution < -0.4 is 11.3 Å². The molecule has 0 aliphatic carbocycles. The summed E-state index contributed by atoms with van der Waals surface area (Å²) in [5, 5.41) is 4.80. The third-order valence-electron chi connectivity index (χ3n) is 6.93. The van der Waals surface area contributed by atoms with Crippen molar-refractivity contribution >= 4 is 17.1 Å². The first-order chi connectivity index (χ1) is 17.8. The molecule has 3 aromatic carbocycles. The lowest BCUT2D eigenvalue weighted by Gasteiger charge is -2.32. The topological polar surface area (TPSA) is 87.4 Å². The van der Waals surface area contributed by atoms with Crippen molar-refractivity contribution in [2.24, 2.45) is 25.0 Å². The maximum atomic E-state index is 12.9. The van der Waals surface area contributed by atoms with Crippen molar-refractivity contribution < 1.29 is 4.84 Å². The highest BCUT2D eigenvalue weighted by molar-refractivity contribution is 5.96. The summed E-state index contributed by atoms with van der Waals surface area (Å²) in [5.74, 6) is 0. The Morgan fingerprint density at radius 3 is 2.46 bits per heavy atom. The minimum absolute atomic E-state index is 0.0876. The zero-order chi connectivity index (χ0) is 26.2. The fourth-order valence-electron chi connectivity index (χ4n) is 4.86. The van der Waals surface area contributed by atoms with Crippen molar-refractivity contribution in [3.8, 4) is 11.1 Å². The Morgan fingerprint density at radius 1 is 1.00 bits per heavy atom. The molecular formula is C30H29N5O2. The highest BCUT2D eigenvalue weighted by atomic mass is 16.6. The van der Waals surface area contributed by atoms with Crippen LogP contribution in [0.5, 0.6) is 0 Å². The standard InChI is InChI=1S/C30H29N5O2/c1-20-8-10-23(11-9-20)30(31,28-18-32-19-34(28)2)24-12-13-27-26(15-24)25(16-29(36)35(27)3)22-7-5-6-21(14-22)17-33-37-4/h5-19H,31H2,1-4H3/b33-17+. The fraction of sp³-hybridized carbons (Fsp3) is 0.167. The number of rotatable bonds is 6. The van der Waals surface area contributed by atoms with Gasteiger partial charge in [-0.15, -0.1) is 0 Å². The number of hydrogen-bond acceptors (Lipinski definition) is 5. The van der Waals surface area contributed by atoms with Crippen LogP contribution in [0.25, 0.3) is 22.0 Å². The molecule has 0 bridgehead atoms. The summed E-state index contributed by atoms with van der Waals surface area (Å²) in [6.45, 7) is 2.06. The van der Waals surface area contributed by atoms with E-state index in [1.807, 2.05) is 54.2 Å². The lowest BCUT2D eigenvalue weighted by atomic mass is 9.80. The van der Waals surface area contributed by atoms with Crippen LogP contribution in [-0.4, -0.2) is 27.4 Å². The number of aryl methyl sites for hydroxylation is 3. The average molecular weight is 492 g/mol. The van der Waals surface area contributed by atoms with Crippen molar-refractivity contribution in [2.45, 2.75) is 12.5 Å². The number of hydrogen-bond donors (Lipinski definition) is 1. The van der Waals surface area contributed by atoms with Crippen molar-refractivity contribution in [1.82, 2.24) is 14.1 Å². The van der Waals surface area contributed by atoms with Crippen LogP contribution in [0.1, 0.15) is 27.9 Å². The smallest absolute Gasteiger partial charge is 0.251 e. The van der Waals surface area contributed by atoms with E-state index in [9.17, 15) is 4.79 Å². The van der Waals surface area contributed by atoms with Gasteiger partial charge in [0.2, 0.25) is 0 Å². The average Bonchev–Trinajstić information content (AvgIpc) is 3.35. The summed E-state index contributed by atoms with van der Waals surface area (Å²) < 4.78 is 3.61. The van der Waals surface area contributed by atoms with E-state index >= 15 is 0 Å². The van der Waals surface area contributed by atoms with E-state index in [-0.39, 0.29) is 5.56 Å². The quantitative estimate of drug-likeness (QED) is 0.280. The van der Waals surface area contributed by atoms with Crippen LogP contribution in [0.3, 0.4) is 0 Å². The molecule has 0 radical (unpaired) electrons. The first-order valence-electron chi connectivity index (χ1n) is 12.0. The number of aromatic nitrogens is 3. The van der Waals surface area contributed by atoms with E-state index in [4.69, 9.17) is 10.6 Å². The molecule has 5 rings (SSSR count). The fourth-order valence-corrected chi connectivity index (χ4v) is 4.86. The van der Waals surface area contributed by atoms with E-state index in [1.54, 1.807) is 30.2 Å². The highest BCUT2D eigenvalue weighted by Gasteiger charge is 2.35. The number of pyridine rings is 1. The molecule has 2 aromatic heterocycles. The molecule has 0 spiro atoms. The number of benzene rings is 3. The van der Waals surface area contributed by atoms with Gasteiger partial charge in [0.05, 0.1) is 29.9 Å². The Labute approximate surface area is 215 Å². The normalized spacial score (nSPS) is 13.2. The van der Waals surface area contributed by atoms with Gasteiger partial charge in [-0.3, -0.25) is 4.79 Å². The van der Waals surface area contributed by atoms with E-state index in [0.29, 0.717) is 0 Å². The molecule has 186 valence electrons. The van der Waals surface area contributed by atoms with Crippen LogP contribution >= 0.6 is 0 Å². The predicted octanol–water partition coefficient (Wildman–Crippen LogP) is 4.48. The molecular weight excluding hydrogens is 462 g/mol. The summed E-state index contributed by atoms with van der Waals surface area (Å²) >= 11 is 0. The number of imidazole rings is 1. The van der Waals surface area contributed by atoms with Gasteiger partial charge in [0.15, 0.2) is 0 Å². The Balaban J connectivity index is 1.79. The Morgan fingerprint density at radius 2 is 1.76 bits per heavy atom. The van der Waals surface area contributed by atoms with Crippen molar-refractivity contribution in [3.05, 3.63) is 124 Å². The number of oxime groups is 1. The molecule has 1 unspecified atom stereocenters. The van der Waals surface area contributed by atoms with E-state index in [0.717, 1.165) is 50.0 Å². The van der Waals surface area contributed by atoms with Crippen molar-refractivity contribution in [3.63, 3.8) is 0 Å². The van der Waals surface area contributed by atoms with E-state index in [2.05, 4.69) is 47.4 Å². The molecule has 0 aliphatic rings. The number of nitrogens with zero attached hydrogens (tertiary/aromatic N) is 4. The third-order valence-corrected chi connectivity index (χ3v) is 6.93. The van der Waals surface area contributed by atoms with Gasteiger partial charge in [0.1, 0.15) is 12.6 Å². The largest absolute Gasteiger partial charge is 0.399 e. The first kappa shape index (κ1) is 24.2. The minimum Gasteiger partial charge on any atom is -0.399 e. The van der Waals surface area contributed by atoms with Crippen molar-refractivity contribution in [2.75, 3.05) is 7.11 Å². The monoisotopic (exact) mass is 491 g/mol. The van der Waals surface area contributed by atoms with E-state index < -0.39 is 5.54 Å². The summed E-state index contributed by atoms with van der Waals surface area (Å²) in [6.07, 6.45) is 5.21. The summed E-state index contributed by atoms with van der Waals surface area (Å²) in [5.41, 5.74) is 13.5. The zero-order valence-electron chi connectivity index (χ0n) is 21.3. The van der Waals surface area contributed by atoms with Gasteiger partial charge in [-0.1, -0.05) is 59.3 Å². The second-order valence-electron chi connectivity index (χ2n) is 9.29. The van der Waals surface area contributed by atoms with Crippen LogP contribution in [0.15, 0.2) is 95.3 Å². The summed E-state index contributed by atoms with van der Waals surface area (Å²) in [4.78, 5) is 22.1. The van der Waals surface area contributed by atoms with Gasteiger partial charge in [-0.2, -0.15) is 0 Å². The molecule has 2 heterocycles. The predicted molar refractivity (Wildman–Crippen MR) is 148 cm³/mol. The van der Waals surface area contributed by atoms with Crippen LogP contribution in [0.4, 0.5) is 0 Å². The molecule has 7 heteroatoms. The molecule has 0 saturated heterocycles. The van der Waals surface area contributed by atoms with Gasteiger partial charge >= 0.3 is 0 Å². The van der Waals surface area contributed by atoms with Gasteiger partial charge in [-0.05, 0) is 52.9 Å². The molecule has 37 heavy (non-hydrogen) atoms. The van der Waals surface area contributed by atoms with Crippen LogP contribution in [-0.2, 0) is 24.5 Å². The zero-order valence-corrected chi connectivity index (χ0v) is 21.3. The molecule has 0 aliphatic heterocycles. The highest BCUT2D eigenvalue weighted by Crippen LogP contribution is 2.37.